The molecule has 0 saturated carbocycles. The number of fused-ring (bicyclic) bond motifs is 1. The summed E-state index contributed by atoms with van der Waals surface area (Å²) >= 11 is 0. The Morgan fingerprint density at radius 3 is 3.16 bits per heavy atom. The van der Waals surface area contributed by atoms with Crippen molar-refractivity contribution < 1.29 is 4.74 Å². The molecular formula is C16H24N2O. The van der Waals surface area contributed by atoms with Crippen molar-refractivity contribution >= 4 is 0 Å². The zero-order valence-corrected chi connectivity index (χ0v) is 11.8. The first-order chi connectivity index (χ1) is 9.36. The molecule has 1 aromatic carbocycles. The van der Waals surface area contributed by atoms with Crippen molar-refractivity contribution in [3.63, 3.8) is 0 Å². The number of hydrogen-bond donors (Lipinski definition) is 1. The van der Waals surface area contributed by atoms with Crippen molar-refractivity contribution in [1.82, 2.24) is 10.2 Å². The van der Waals surface area contributed by atoms with Gasteiger partial charge in [0.15, 0.2) is 0 Å². The van der Waals surface area contributed by atoms with Crippen LogP contribution in [-0.2, 0) is 11.2 Å². The van der Waals surface area contributed by atoms with Gasteiger partial charge in [0, 0.05) is 32.2 Å². The van der Waals surface area contributed by atoms with E-state index in [0.29, 0.717) is 6.04 Å². The summed E-state index contributed by atoms with van der Waals surface area (Å²) in [6.45, 7) is 7.55. The summed E-state index contributed by atoms with van der Waals surface area (Å²) in [6, 6.07) is 9.40. The second kappa shape index (κ2) is 6.04. The largest absolute Gasteiger partial charge is 0.372 e. The molecule has 2 unspecified atom stereocenters. The Hall–Kier alpha value is -0.900. The van der Waals surface area contributed by atoms with Gasteiger partial charge in [0.1, 0.15) is 0 Å². The van der Waals surface area contributed by atoms with Crippen molar-refractivity contribution in [2.24, 2.45) is 0 Å². The number of rotatable bonds is 3. The molecule has 19 heavy (non-hydrogen) atoms. The summed E-state index contributed by atoms with van der Waals surface area (Å²) in [5.74, 6) is 0. The highest BCUT2D eigenvalue weighted by Crippen LogP contribution is 2.27. The van der Waals surface area contributed by atoms with Crippen LogP contribution in [0.4, 0.5) is 0 Å². The van der Waals surface area contributed by atoms with Gasteiger partial charge in [0.05, 0.1) is 12.7 Å². The maximum atomic E-state index is 6.01. The summed E-state index contributed by atoms with van der Waals surface area (Å²) in [6.07, 6.45) is 2.53. The summed E-state index contributed by atoms with van der Waals surface area (Å²) in [5, 5.41) is 3.57. The van der Waals surface area contributed by atoms with Crippen LogP contribution in [-0.4, -0.2) is 43.7 Å². The van der Waals surface area contributed by atoms with Crippen LogP contribution in [0.2, 0.25) is 0 Å². The average molecular weight is 260 g/mol. The topological polar surface area (TPSA) is 24.5 Å². The van der Waals surface area contributed by atoms with Crippen LogP contribution in [0.3, 0.4) is 0 Å². The van der Waals surface area contributed by atoms with Crippen LogP contribution in [0.5, 0.6) is 0 Å². The van der Waals surface area contributed by atoms with Gasteiger partial charge in [-0.3, -0.25) is 4.90 Å². The summed E-state index contributed by atoms with van der Waals surface area (Å²) in [4.78, 5) is 2.55. The molecule has 2 aliphatic heterocycles. The number of hydrogen-bond acceptors (Lipinski definition) is 3. The van der Waals surface area contributed by atoms with Crippen molar-refractivity contribution in [3.8, 4) is 0 Å². The van der Waals surface area contributed by atoms with Gasteiger partial charge in [-0.2, -0.15) is 0 Å². The predicted octanol–water partition coefficient (Wildman–Crippen LogP) is 1.98. The van der Waals surface area contributed by atoms with Crippen LogP contribution in [0.1, 0.15) is 30.6 Å². The Kier molecular flexibility index (Phi) is 4.16. The normalized spacial score (nSPS) is 28.1. The van der Waals surface area contributed by atoms with Crippen LogP contribution in [0, 0.1) is 0 Å². The van der Waals surface area contributed by atoms with E-state index in [1.165, 1.54) is 17.5 Å². The number of benzene rings is 1. The summed E-state index contributed by atoms with van der Waals surface area (Å²) in [5.41, 5.74) is 2.88. The fourth-order valence-electron chi connectivity index (χ4n) is 3.20. The fourth-order valence-corrected chi connectivity index (χ4v) is 3.20. The molecule has 0 bridgehead atoms. The van der Waals surface area contributed by atoms with Gasteiger partial charge in [-0.25, -0.2) is 0 Å². The van der Waals surface area contributed by atoms with E-state index in [0.717, 1.165) is 39.2 Å². The Labute approximate surface area is 115 Å². The lowest BCUT2D eigenvalue weighted by molar-refractivity contribution is 0.00991. The smallest absolute Gasteiger partial charge is 0.0954 e. The first kappa shape index (κ1) is 13.1. The van der Waals surface area contributed by atoms with Crippen LogP contribution >= 0.6 is 0 Å². The summed E-state index contributed by atoms with van der Waals surface area (Å²) < 4.78 is 6.01. The highest BCUT2D eigenvalue weighted by molar-refractivity contribution is 5.31. The maximum absolute atomic E-state index is 6.01. The van der Waals surface area contributed by atoms with Crippen molar-refractivity contribution in [2.75, 3.05) is 32.8 Å². The maximum Gasteiger partial charge on any atom is 0.0954 e. The molecule has 1 N–H and O–H groups in total. The van der Waals surface area contributed by atoms with Crippen LogP contribution in [0.25, 0.3) is 0 Å². The third kappa shape index (κ3) is 2.99. The Morgan fingerprint density at radius 2 is 2.26 bits per heavy atom. The monoisotopic (exact) mass is 260 g/mol. The van der Waals surface area contributed by atoms with Gasteiger partial charge >= 0.3 is 0 Å². The van der Waals surface area contributed by atoms with E-state index in [1.807, 2.05) is 0 Å². The van der Waals surface area contributed by atoms with Crippen molar-refractivity contribution in [3.05, 3.63) is 35.4 Å². The number of ether oxygens (including phenoxy) is 1. The van der Waals surface area contributed by atoms with E-state index in [9.17, 15) is 0 Å². The number of nitrogens with zero attached hydrogens (tertiary/aromatic N) is 1. The Balaban J connectivity index is 1.67. The SMILES string of the molecule is CCC1CN(CC2OCCc3ccccc32)CCN1. The zero-order chi connectivity index (χ0) is 13.1. The van der Waals surface area contributed by atoms with Gasteiger partial charge in [-0.05, 0) is 24.0 Å². The lowest BCUT2D eigenvalue weighted by Gasteiger charge is -2.37. The minimum absolute atomic E-state index is 0.264. The van der Waals surface area contributed by atoms with E-state index < -0.39 is 0 Å². The Morgan fingerprint density at radius 1 is 1.37 bits per heavy atom. The molecule has 104 valence electrons. The molecule has 2 heterocycles. The number of nitrogens with one attached hydrogen (secondary N) is 1. The molecule has 0 radical (unpaired) electrons. The quantitative estimate of drug-likeness (QED) is 0.899. The highest BCUT2D eigenvalue weighted by Gasteiger charge is 2.25. The van der Waals surface area contributed by atoms with E-state index in [-0.39, 0.29) is 6.10 Å². The highest BCUT2D eigenvalue weighted by atomic mass is 16.5. The van der Waals surface area contributed by atoms with Gasteiger partial charge in [-0.1, -0.05) is 31.2 Å². The third-order valence-corrected chi connectivity index (χ3v) is 4.35. The molecule has 3 nitrogen and oxygen atoms in total. The van der Waals surface area contributed by atoms with Gasteiger partial charge < -0.3 is 10.1 Å². The molecule has 2 aliphatic rings. The third-order valence-electron chi connectivity index (χ3n) is 4.35. The standard InChI is InChI=1S/C16H24N2O/c1-2-14-11-18(9-8-17-14)12-16-15-6-4-3-5-13(15)7-10-19-16/h3-6,14,16-17H,2,7-12H2,1H3. The molecule has 0 spiro atoms. The van der Waals surface area contributed by atoms with Crippen molar-refractivity contribution in [1.29, 1.82) is 0 Å². The van der Waals surface area contributed by atoms with Gasteiger partial charge in [0.25, 0.3) is 0 Å². The molecular weight excluding hydrogens is 236 g/mol. The predicted molar refractivity (Wildman–Crippen MR) is 77.4 cm³/mol. The molecule has 0 aliphatic carbocycles. The van der Waals surface area contributed by atoms with Gasteiger partial charge in [-0.15, -0.1) is 0 Å². The zero-order valence-electron chi connectivity index (χ0n) is 11.8. The molecule has 2 atom stereocenters. The van der Waals surface area contributed by atoms with E-state index >= 15 is 0 Å². The molecule has 3 heteroatoms. The van der Waals surface area contributed by atoms with E-state index in [4.69, 9.17) is 4.74 Å². The van der Waals surface area contributed by atoms with Gasteiger partial charge in [0.2, 0.25) is 0 Å². The molecule has 0 aromatic heterocycles. The lowest BCUT2D eigenvalue weighted by Crippen LogP contribution is -2.51. The average Bonchev–Trinajstić information content (AvgIpc) is 2.48. The fraction of sp³-hybridized carbons (Fsp3) is 0.625. The molecule has 0 amide bonds. The van der Waals surface area contributed by atoms with Crippen molar-refractivity contribution in [2.45, 2.75) is 31.9 Å². The molecule has 1 aromatic rings. The summed E-state index contributed by atoms with van der Waals surface area (Å²) in [7, 11) is 0. The van der Waals surface area contributed by atoms with E-state index in [2.05, 4.69) is 41.4 Å². The second-order valence-corrected chi connectivity index (χ2v) is 5.63. The number of piperazine rings is 1. The molecule has 1 saturated heterocycles. The Bertz CT molecular complexity index is 421. The van der Waals surface area contributed by atoms with E-state index in [1.54, 1.807) is 0 Å². The van der Waals surface area contributed by atoms with Crippen LogP contribution < -0.4 is 5.32 Å². The molecule has 3 rings (SSSR count). The lowest BCUT2D eigenvalue weighted by atomic mass is 9.97. The molecule has 1 fully saturated rings. The minimum Gasteiger partial charge on any atom is -0.372 e. The second-order valence-electron chi connectivity index (χ2n) is 5.63. The minimum atomic E-state index is 0.264. The van der Waals surface area contributed by atoms with Crippen LogP contribution in [0.15, 0.2) is 24.3 Å². The first-order valence-electron chi connectivity index (χ1n) is 7.52. The first-order valence-corrected chi connectivity index (χ1v) is 7.52.